The first-order valence-corrected chi connectivity index (χ1v) is 10.1. The van der Waals surface area contributed by atoms with Gasteiger partial charge in [0.2, 0.25) is 15.9 Å². The Morgan fingerprint density at radius 3 is 2.33 bits per heavy atom. The maximum atomic E-state index is 12.4. The highest BCUT2D eigenvalue weighted by atomic mass is 35.5. The fraction of sp³-hybridized carbons (Fsp3) is 0.222. The van der Waals surface area contributed by atoms with Gasteiger partial charge in [-0.1, -0.05) is 29.3 Å². The molecule has 0 aliphatic heterocycles. The van der Waals surface area contributed by atoms with E-state index in [0.717, 1.165) is 16.1 Å². The molecule has 0 aliphatic rings. The molecule has 2 aromatic carbocycles. The van der Waals surface area contributed by atoms with E-state index in [4.69, 9.17) is 11.6 Å². The lowest BCUT2D eigenvalue weighted by Gasteiger charge is -2.22. The van der Waals surface area contributed by atoms with Gasteiger partial charge in [0.25, 0.3) is 0 Å². The molecule has 0 radical (unpaired) electrons. The average Bonchev–Trinajstić information content (AvgIpc) is 2.60. The van der Waals surface area contributed by atoms with Gasteiger partial charge in [0.05, 0.1) is 29.6 Å². The third-order valence-electron chi connectivity index (χ3n) is 3.66. The summed E-state index contributed by atoms with van der Waals surface area (Å²) in [4.78, 5) is 24.1. The number of hydrogen-bond donors (Lipinski definition) is 1. The molecule has 0 saturated carbocycles. The Morgan fingerprint density at radius 2 is 1.78 bits per heavy atom. The van der Waals surface area contributed by atoms with E-state index in [0.29, 0.717) is 11.4 Å². The minimum Gasteiger partial charge on any atom is -0.465 e. The molecule has 0 aromatic heterocycles. The van der Waals surface area contributed by atoms with Gasteiger partial charge in [-0.2, -0.15) is 0 Å². The maximum Gasteiger partial charge on any atom is 0.339 e. The molecule has 0 fully saturated rings. The van der Waals surface area contributed by atoms with Gasteiger partial charge in [-0.25, -0.2) is 13.2 Å². The lowest BCUT2D eigenvalue weighted by atomic mass is 10.2. The first-order chi connectivity index (χ1) is 12.6. The molecule has 1 amide bonds. The topological polar surface area (TPSA) is 92.8 Å². The number of ether oxygens (including phenoxy) is 1. The number of aryl methyl sites for hydroxylation is 1. The van der Waals surface area contributed by atoms with Crippen LogP contribution in [0, 0.1) is 6.92 Å². The van der Waals surface area contributed by atoms with Crippen LogP contribution in [0.1, 0.15) is 15.9 Å². The number of halogens is 1. The van der Waals surface area contributed by atoms with Crippen molar-refractivity contribution in [2.45, 2.75) is 6.92 Å². The number of carbonyl (C=O) groups is 2. The summed E-state index contributed by atoms with van der Waals surface area (Å²) in [6, 6.07) is 11.1. The second kappa shape index (κ2) is 8.41. The first kappa shape index (κ1) is 20.7. The monoisotopic (exact) mass is 410 g/mol. The summed E-state index contributed by atoms with van der Waals surface area (Å²) in [5.74, 6) is -1.22. The zero-order valence-corrected chi connectivity index (χ0v) is 16.6. The highest BCUT2D eigenvalue weighted by molar-refractivity contribution is 7.92. The predicted octanol–water partition coefficient (Wildman–Crippen LogP) is 2.84. The Labute approximate surface area is 162 Å². The number of anilines is 2. The van der Waals surface area contributed by atoms with Crippen molar-refractivity contribution in [3.8, 4) is 0 Å². The van der Waals surface area contributed by atoms with Gasteiger partial charge >= 0.3 is 5.97 Å². The fourth-order valence-corrected chi connectivity index (χ4v) is 3.36. The average molecular weight is 411 g/mol. The molecule has 27 heavy (non-hydrogen) atoms. The second-order valence-corrected chi connectivity index (χ2v) is 8.15. The third kappa shape index (κ3) is 5.45. The van der Waals surface area contributed by atoms with Crippen LogP contribution in [0.25, 0.3) is 0 Å². The molecule has 2 aromatic rings. The van der Waals surface area contributed by atoms with Crippen molar-refractivity contribution >= 4 is 44.9 Å². The van der Waals surface area contributed by atoms with E-state index in [1.54, 1.807) is 24.3 Å². The lowest BCUT2D eigenvalue weighted by Crippen LogP contribution is -2.37. The van der Waals surface area contributed by atoms with Crippen molar-refractivity contribution in [2.75, 3.05) is 29.5 Å². The lowest BCUT2D eigenvalue weighted by molar-refractivity contribution is -0.114. The van der Waals surface area contributed by atoms with Crippen molar-refractivity contribution in [1.29, 1.82) is 0 Å². The van der Waals surface area contributed by atoms with Crippen molar-refractivity contribution in [1.82, 2.24) is 0 Å². The van der Waals surface area contributed by atoms with Crippen molar-refractivity contribution < 1.29 is 22.7 Å². The molecule has 0 aliphatic carbocycles. The second-order valence-electron chi connectivity index (χ2n) is 5.84. The fourth-order valence-electron chi connectivity index (χ4n) is 2.31. The molecule has 0 bridgehead atoms. The van der Waals surface area contributed by atoms with E-state index in [9.17, 15) is 18.0 Å². The van der Waals surface area contributed by atoms with Crippen LogP contribution < -0.4 is 9.62 Å². The number of methoxy groups -OCH3 is 1. The molecule has 0 spiro atoms. The van der Waals surface area contributed by atoms with Crippen molar-refractivity contribution in [2.24, 2.45) is 0 Å². The number of nitrogens with one attached hydrogen (secondary N) is 1. The number of rotatable bonds is 6. The Kier molecular flexibility index (Phi) is 6.45. The normalized spacial score (nSPS) is 11.0. The van der Waals surface area contributed by atoms with Crippen LogP contribution in [-0.4, -0.2) is 40.2 Å². The van der Waals surface area contributed by atoms with E-state index in [-0.39, 0.29) is 10.6 Å². The first-order valence-electron chi connectivity index (χ1n) is 7.84. The Morgan fingerprint density at radius 1 is 1.15 bits per heavy atom. The van der Waals surface area contributed by atoms with Crippen LogP contribution in [0.4, 0.5) is 11.4 Å². The van der Waals surface area contributed by atoms with Gasteiger partial charge in [0.1, 0.15) is 6.54 Å². The number of amides is 1. The number of hydrogen-bond acceptors (Lipinski definition) is 5. The SMILES string of the molecule is COC(=O)c1cc(NC(=O)CN(c2ccc(C)cc2)S(C)(=O)=O)ccc1Cl. The van der Waals surface area contributed by atoms with E-state index in [2.05, 4.69) is 10.1 Å². The van der Waals surface area contributed by atoms with Crippen molar-refractivity contribution in [3.63, 3.8) is 0 Å². The van der Waals surface area contributed by atoms with E-state index in [1.807, 2.05) is 6.92 Å². The highest BCUT2D eigenvalue weighted by Gasteiger charge is 2.21. The predicted molar refractivity (Wildman–Crippen MR) is 105 cm³/mol. The summed E-state index contributed by atoms with van der Waals surface area (Å²) in [5, 5.41) is 2.74. The largest absolute Gasteiger partial charge is 0.465 e. The zero-order chi connectivity index (χ0) is 20.2. The van der Waals surface area contributed by atoms with Crippen LogP contribution >= 0.6 is 11.6 Å². The molecular weight excluding hydrogens is 392 g/mol. The molecule has 9 heteroatoms. The summed E-state index contributed by atoms with van der Waals surface area (Å²) in [7, 11) is -2.46. The van der Waals surface area contributed by atoms with E-state index in [1.165, 1.54) is 25.3 Å². The smallest absolute Gasteiger partial charge is 0.339 e. The van der Waals surface area contributed by atoms with Gasteiger partial charge in [0.15, 0.2) is 0 Å². The van der Waals surface area contributed by atoms with Crippen LogP contribution in [0.5, 0.6) is 0 Å². The quantitative estimate of drug-likeness (QED) is 0.739. The zero-order valence-electron chi connectivity index (χ0n) is 15.0. The number of esters is 1. The molecular formula is C18H19ClN2O5S. The third-order valence-corrected chi connectivity index (χ3v) is 5.14. The van der Waals surface area contributed by atoms with Gasteiger partial charge < -0.3 is 10.1 Å². The molecule has 7 nitrogen and oxygen atoms in total. The minimum absolute atomic E-state index is 0.0930. The molecule has 2 rings (SSSR count). The van der Waals surface area contributed by atoms with Crippen LogP contribution in [0.3, 0.4) is 0 Å². The molecule has 0 heterocycles. The molecule has 144 valence electrons. The Bertz CT molecular complexity index is 958. The van der Waals surface area contributed by atoms with Gasteiger partial charge in [-0.05, 0) is 37.3 Å². The summed E-state index contributed by atoms with van der Waals surface area (Å²) in [6.45, 7) is 1.46. The highest BCUT2D eigenvalue weighted by Crippen LogP contribution is 2.22. The molecule has 0 unspecified atom stereocenters. The van der Waals surface area contributed by atoms with Crippen LogP contribution in [-0.2, 0) is 19.6 Å². The number of carbonyl (C=O) groups excluding carboxylic acids is 2. The number of nitrogens with zero attached hydrogens (tertiary/aromatic N) is 1. The summed E-state index contributed by atoms with van der Waals surface area (Å²) < 4.78 is 29.8. The number of benzene rings is 2. The Balaban J connectivity index is 2.22. The van der Waals surface area contributed by atoms with Gasteiger partial charge in [0, 0.05) is 5.69 Å². The molecule has 1 N–H and O–H groups in total. The molecule has 0 saturated heterocycles. The minimum atomic E-state index is -3.67. The summed E-state index contributed by atoms with van der Waals surface area (Å²) >= 11 is 5.94. The summed E-state index contributed by atoms with van der Waals surface area (Å²) in [6.07, 6.45) is 1.03. The maximum absolute atomic E-state index is 12.4. The van der Waals surface area contributed by atoms with E-state index >= 15 is 0 Å². The standard InChI is InChI=1S/C18H19ClN2O5S/c1-12-4-7-14(8-5-12)21(27(3,24)25)11-17(22)20-13-6-9-16(19)15(10-13)18(23)26-2/h4-10H,11H2,1-3H3,(H,20,22). The van der Waals surface area contributed by atoms with Crippen LogP contribution in [0.15, 0.2) is 42.5 Å². The Hall–Kier alpha value is -2.58. The van der Waals surface area contributed by atoms with Gasteiger partial charge in [-0.3, -0.25) is 9.10 Å². The van der Waals surface area contributed by atoms with Crippen molar-refractivity contribution in [3.05, 3.63) is 58.6 Å². The van der Waals surface area contributed by atoms with E-state index < -0.39 is 28.4 Å². The van der Waals surface area contributed by atoms with Gasteiger partial charge in [-0.15, -0.1) is 0 Å². The molecule has 0 atom stereocenters. The number of sulfonamides is 1. The van der Waals surface area contributed by atoms with Crippen LogP contribution in [0.2, 0.25) is 5.02 Å². The summed E-state index contributed by atoms with van der Waals surface area (Å²) in [5.41, 5.74) is 1.73.